The first-order chi connectivity index (χ1) is 5.33. The minimum Gasteiger partial charge on any atom is -0.307 e. The summed E-state index contributed by atoms with van der Waals surface area (Å²) in [5, 5.41) is 3.15. The molecule has 0 unspecified atom stereocenters. The lowest BCUT2D eigenvalue weighted by atomic mass is 10.2. The molecule has 0 amide bonds. The molecule has 1 rings (SSSR count). The first kappa shape index (κ1) is 8.29. The molecular weight excluding hydrogens is 138 g/mol. The van der Waals surface area contributed by atoms with Gasteiger partial charge >= 0.3 is 0 Å². The Morgan fingerprint density at radius 1 is 1.64 bits per heavy atom. The highest BCUT2D eigenvalue weighted by molar-refractivity contribution is 5.80. The molecule has 1 N–H and O–H groups in total. The van der Waals surface area contributed by atoms with Crippen molar-refractivity contribution in [1.29, 1.82) is 0 Å². The van der Waals surface area contributed by atoms with Crippen molar-refractivity contribution in [3.05, 3.63) is 0 Å². The monoisotopic (exact) mass is 151 g/mol. The number of hydrogen-bond acceptors (Lipinski definition) is 2. The zero-order valence-electron chi connectivity index (χ0n) is 6.60. The number of carbonyl (C=O) groups excluding carboxylic acids is 1. The van der Waals surface area contributed by atoms with Gasteiger partial charge in [0, 0.05) is 18.9 Å². The van der Waals surface area contributed by atoms with Crippen molar-refractivity contribution in [1.82, 2.24) is 5.32 Å². The summed E-state index contributed by atoms with van der Waals surface area (Å²) in [6.07, 6.45) is 8.57. The number of nitrogens with one attached hydrogen (secondary N) is 1. The summed E-state index contributed by atoms with van der Waals surface area (Å²) in [4.78, 5) is 11.0. The quantitative estimate of drug-likeness (QED) is 0.587. The van der Waals surface area contributed by atoms with E-state index in [0.29, 0.717) is 25.4 Å². The van der Waals surface area contributed by atoms with Crippen LogP contribution in [0.1, 0.15) is 25.7 Å². The van der Waals surface area contributed by atoms with Crippen molar-refractivity contribution in [2.45, 2.75) is 31.7 Å². The molecule has 0 aromatic heterocycles. The molecule has 11 heavy (non-hydrogen) atoms. The van der Waals surface area contributed by atoms with Gasteiger partial charge in [0.15, 0.2) is 0 Å². The fourth-order valence-electron chi connectivity index (χ4n) is 0.846. The lowest BCUT2D eigenvalue weighted by Gasteiger charge is -1.98. The van der Waals surface area contributed by atoms with Crippen LogP contribution in [0.3, 0.4) is 0 Å². The summed E-state index contributed by atoms with van der Waals surface area (Å²) >= 11 is 0. The second-order valence-electron chi connectivity index (χ2n) is 2.90. The Balaban J connectivity index is 1.96. The fraction of sp³-hybridized carbons (Fsp3) is 0.667. The fourth-order valence-corrected chi connectivity index (χ4v) is 0.846. The number of hydrogen-bond donors (Lipinski definition) is 1. The average Bonchev–Trinajstić information content (AvgIpc) is 2.80. The van der Waals surface area contributed by atoms with E-state index in [-0.39, 0.29) is 5.78 Å². The third kappa shape index (κ3) is 3.79. The van der Waals surface area contributed by atoms with E-state index in [4.69, 9.17) is 6.42 Å². The SMILES string of the molecule is C#CCCC(=O)CNC1CC1. The minimum absolute atomic E-state index is 0.231. The molecule has 0 aliphatic heterocycles. The molecule has 2 heteroatoms. The third-order valence-corrected chi connectivity index (χ3v) is 1.71. The lowest BCUT2D eigenvalue weighted by Crippen LogP contribution is -2.24. The van der Waals surface area contributed by atoms with Crippen molar-refractivity contribution < 1.29 is 4.79 Å². The number of carbonyl (C=O) groups is 1. The summed E-state index contributed by atoms with van der Waals surface area (Å²) in [5.41, 5.74) is 0. The van der Waals surface area contributed by atoms with E-state index >= 15 is 0 Å². The molecule has 1 fully saturated rings. The molecule has 1 saturated carbocycles. The zero-order chi connectivity index (χ0) is 8.10. The average molecular weight is 151 g/mol. The van der Waals surface area contributed by atoms with E-state index in [1.807, 2.05) is 0 Å². The lowest BCUT2D eigenvalue weighted by molar-refractivity contribution is -0.118. The highest BCUT2D eigenvalue weighted by Crippen LogP contribution is 2.18. The molecule has 0 saturated heterocycles. The third-order valence-electron chi connectivity index (χ3n) is 1.71. The summed E-state index contributed by atoms with van der Waals surface area (Å²) in [7, 11) is 0. The molecule has 1 aliphatic carbocycles. The van der Waals surface area contributed by atoms with Crippen LogP contribution in [0.5, 0.6) is 0 Å². The van der Waals surface area contributed by atoms with Crippen molar-refractivity contribution in [2.75, 3.05) is 6.54 Å². The number of Topliss-reactive ketones (excluding diaryl/α,β-unsaturated/α-hetero) is 1. The normalized spacial score (nSPS) is 15.9. The molecular formula is C9H13NO. The predicted octanol–water partition coefficient (Wildman–Crippen LogP) is 0.721. The smallest absolute Gasteiger partial charge is 0.147 e. The number of terminal acetylenes is 1. The van der Waals surface area contributed by atoms with Crippen LogP contribution in [0.15, 0.2) is 0 Å². The molecule has 0 aromatic carbocycles. The molecule has 2 nitrogen and oxygen atoms in total. The minimum atomic E-state index is 0.231. The van der Waals surface area contributed by atoms with Crippen molar-refractivity contribution in [3.8, 4) is 12.3 Å². The number of rotatable bonds is 5. The van der Waals surface area contributed by atoms with Gasteiger partial charge in [0.05, 0.1) is 6.54 Å². The highest BCUT2D eigenvalue weighted by atomic mass is 16.1. The van der Waals surface area contributed by atoms with Crippen LogP contribution in [0, 0.1) is 12.3 Å². The van der Waals surface area contributed by atoms with E-state index in [1.165, 1.54) is 12.8 Å². The molecule has 0 spiro atoms. The van der Waals surface area contributed by atoms with Gasteiger partial charge in [0.2, 0.25) is 0 Å². The first-order valence-electron chi connectivity index (χ1n) is 4.01. The second kappa shape index (κ2) is 4.15. The van der Waals surface area contributed by atoms with E-state index in [0.717, 1.165) is 0 Å². The van der Waals surface area contributed by atoms with Crippen LogP contribution in [0.2, 0.25) is 0 Å². The molecule has 0 atom stereocenters. The van der Waals surface area contributed by atoms with Crippen molar-refractivity contribution in [3.63, 3.8) is 0 Å². The Morgan fingerprint density at radius 2 is 2.36 bits per heavy atom. The van der Waals surface area contributed by atoms with Crippen LogP contribution in [-0.2, 0) is 4.79 Å². The zero-order valence-corrected chi connectivity index (χ0v) is 6.60. The Kier molecular flexibility index (Phi) is 3.13. The Labute approximate surface area is 67.4 Å². The van der Waals surface area contributed by atoms with Gasteiger partial charge < -0.3 is 5.32 Å². The Bertz CT molecular complexity index is 176. The molecule has 1 aliphatic rings. The summed E-state index contributed by atoms with van der Waals surface area (Å²) in [6, 6.07) is 0.616. The van der Waals surface area contributed by atoms with Crippen LogP contribution >= 0.6 is 0 Å². The highest BCUT2D eigenvalue weighted by Gasteiger charge is 2.20. The van der Waals surface area contributed by atoms with Gasteiger partial charge in [0.25, 0.3) is 0 Å². The maximum atomic E-state index is 11.0. The number of ketones is 1. The Hall–Kier alpha value is -0.810. The topological polar surface area (TPSA) is 29.1 Å². The van der Waals surface area contributed by atoms with Crippen LogP contribution in [0.4, 0.5) is 0 Å². The van der Waals surface area contributed by atoms with Crippen LogP contribution in [0.25, 0.3) is 0 Å². The van der Waals surface area contributed by atoms with Gasteiger partial charge in [-0.3, -0.25) is 4.79 Å². The van der Waals surface area contributed by atoms with Gasteiger partial charge in [-0.15, -0.1) is 12.3 Å². The largest absolute Gasteiger partial charge is 0.307 e. The van der Waals surface area contributed by atoms with Crippen LogP contribution in [-0.4, -0.2) is 18.4 Å². The molecule has 60 valence electrons. The first-order valence-corrected chi connectivity index (χ1v) is 4.01. The van der Waals surface area contributed by atoms with E-state index in [2.05, 4.69) is 11.2 Å². The summed E-state index contributed by atoms with van der Waals surface area (Å²) in [6.45, 7) is 0.506. The van der Waals surface area contributed by atoms with E-state index < -0.39 is 0 Å². The molecule has 0 heterocycles. The molecule has 0 radical (unpaired) electrons. The summed E-state index contributed by atoms with van der Waals surface area (Å²) in [5.74, 6) is 2.68. The van der Waals surface area contributed by atoms with Crippen molar-refractivity contribution >= 4 is 5.78 Å². The van der Waals surface area contributed by atoms with Gasteiger partial charge in [-0.2, -0.15) is 0 Å². The van der Waals surface area contributed by atoms with Gasteiger partial charge in [0.1, 0.15) is 5.78 Å². The maximum absolute atomic E-state index is 11.0. The van der Waals surface area contributed by atoms with Crippen molar-refractivity contribution in [2.24, 2.45) is 0 Å². The van der Waals surface area contributed by atoms with E-state index in [1.54, 1.807) is 0 Å². The molecule has 0 aromatic rings. The van der Waals surface area contributed by atoms with Gasteiger partial charge in [-0.1, -0.05) is 0 Å². The maximum Gasteiger partial charge on any atom is 0.147 e. The second-order valence-corrected chi connectivity index (χ2v) is 2.90. The van der Waals surface area contributed by atoms with Gasteiger partial charge in [-0.25, -0.2) is 0 Å². The summed E-state index contributed by atoms with van der Waals surface area (Å²) < 4.78 is 0. The standard InChI is InChI=1S/C9H13NO/c1-2-3-4-9(11)7-10-8-5-6-8/h1,8,10H,3-7H2. The van der Waals surface area contributed by atoms with Gasteiger partial charge in [-0.05, 0) is 12.8 Å². The van der Waals surface area contributed by atoms with Crippen LogP contribution < -0.4 is 5.32 Å². The molecule has 0 bridgehead atoms. The Morgan fingerprint density at radius 3 is 2.91 bits per heavy atom. The van der Waals surface area contributed by atoms with E-state index in [9.17, 15) is 4.79 Å². The predicted molar refractivity (Wildman–Crippen MR) is 44.1 cm³/mol.